The molecule has 1 saturated heterocycles. The van der Waals surface area contributed by atoms with Crippen LogP contribution in [0, 0.1) is 0 Å². The second kappa shape index (κ2) is 5.17. The zero-order valence-corrected chi connectivity index (χ0v) is 10.4. The summed E-state index contributed by atoms with van der Waals surface area (Å²) in [5.74, 6) is 0. The van der Waals surface area contributed by atoms with Gasteiger partial charge in [-0.05, 0) is 37.1 Å². The fourth-order valence-corrected chi connectivity index (χ4v) is 2.44. The van der Waals surface area contributed by atoms with Crippen molar-refractivity contribution in [2.75, 3.05) is 20.2 Å². The first kappa shape index (κ1) is 11.9. The molecule has 1 heterocycles. The second-order valence-corrected chi connectivity index (χ2v) is 4.91. The quantitative estimate of drug-likeness (QED) is 0.876. The van der Waals surface area contributed by atoms with Crippen molar-refractivity contribution in [3.8, 4) is 0 Å². The van der Waals surface area contributed by atoms with Gasteiger partial charge in [0.05, 0.1) is 5.60 Å². The summed E-state index contributed by atoms with van der Waals surface area (Å²) in [4.78, 5) is 0. The Bertz CT molecular complexity index is 330. The van der Waals surface area contributed by atoms with Crippen LogP contribution < -0.4 is 5.32 Å². The monoisotopic (exact) mass is 239 g/mol. The molecular weight excluding hydrogens is 222 g/mol. The van der Waals surface area contributed by atoms with E-state index in [2.05, 4.69) is 17.4 Å². The minimum Gasteiger partial charge on any atom is -0.377 e. The molecule has 0 amide bonds. The smallest absolute Gasteiger partial charge is 0.0843 e. The lowest BCUT2D eigenvalue weighted by molar-refractivity contribution is -0.0278. The van der Waals surface area contributed by atoms with Crippen LogP contribution in [0.2, 0.25) is 5.02 Å². The predicted molar refractivity (Wildman–Crippen MR) is 67.0 cm³/mol. The molecule has 0 spiro atoms. The molecule has 16 heavy (non-hydrogen) atoms. The molecule has 1 aliphatic rings. The Hall–Kier alpha value is -0.570. The maximum atomic E-state index is 5.88. The van der Waals surface area contributed by atoms with Crippen molar-refractivity contribution in [2.45, 2.75) is 24.9 Å². The molecule has 3 heteroatoms. The van der Waals surface area contributed by atoms with Gasteiger partial charge in [0.2, 0.25) is 0 Å². The molecule has 0 saturated carbocycles. The number of methoxy groups -OCH3 is 1. The van der Waals surface area contributed by atoms with E-state index in [-0.39, 0.29) is 5.60 Å². The molecule has 2 rings (SSSR count). The first-order chi connectivity index (χ1) is 7.74. The van der Waals surface area contributed by atoms with E-state index in [1.54, 1.807) is 0 Å². The van der Waals surface area contributed by atoms with Crippen molar-refractivity contribution in [2.24, 2.45) is 0 Å². The van der Waals surface area contributed by atoms with Crippen molar-refractivity contribution in [1.29, 1.82) is 0 Å². The lowest BCUT2D eigenvalue weighted by Crippen LogP contribution is -2.48. The summed E-state index contributed by atoms with van der Waals surface area (Å²) < 4.78 is 5.72. The molecule has 1 unspecified atom stereocenters. The third kappa shape index (κ3) is 2.76. The fraction of sp³-hybridized carbons (Fsp3) is 0.538. The maximum Gasteiger partial charge on any atom is 0.0843 e. The van der Waals surface area contributed by atoms with E-state index in [0.29, 0.717) is 0 Å². The highest BCUT2D eigenvalue weighted by molar-refractivity contribution is 6.30. The summed E-state index contributed by atoms with van der Waals surface area (Å²) in [6.07, 6.45) is 3.26. The van der Waals surface area contributed by atoms with Gasteiger partial charge >= 0.3 is 0 Å². The molecule has 1 atom stereocenters. The van der Waals surface area contributed by atoms with Crippen LogP contribution >= 0.6 is 11.6 Å². The predicted octanol–water partition coefficient (Wildman–Crippen LogP) is 2.65. The molecule has 88 valence electrons. The van der Waals surface area contributed by atoms with Gasteiger partial charge in [-0.3, -0.25) is 0 Å². The van der Waals surface area contributed by atoms with Crippen LogP contribution in [0.25, 0.3) is 0 Å². The molecule has 0 radical (unpaired) electrons. The van der Waals surface area contributed by atoms with Crippen molar-refractivity contribution in [3.05, 3.63) is 34.9 Å². The van der Waals surface area contributed by atoms with Crippen LogP contribution in [0.4, 0.5) is 0 Å². The lowest BCUT2D eigenvalue weighted by atomic mass is 9.87. The molecule has 0 aliphatic carbocycles. The summed E-state index contributed by atoms with van der Waals surface area (Å²) in [5, 5.41) is 4.20. The van der Waals surface area contributed by atoms with Gasteiger partial charge < -0.3 is 10.1 Å². The van der Waals surface area contributed by atoms with Crippen molar-refractivity contribution < 1.29 is 4.74 Å². The average Bonchev–Trinajstić information content (AvgIpc) is 2.33. The molecule has 1 fully saturated rings. The van der Waals surface area contributed by atoms with E-state index in [9.17, 15) is 0 Å². The lowest BCUT2D eigenvalue weighted by Gasteiger charge is -2.36. The van der Waals surface area contributed by atoms with Crippen molar-refractivity contribution in [1.82, 2.24) is 5.32 Å². The van der Waals surface area contributed by atoms with Gasteiger partial charge in [0, 0.05) is 25.1 Å². The van der Waals surface area contributed by atoms with Crippen LogP contribution in [0.15, 0.2) is 24.3 Å². The summed E-state index contributed by atoms with van der Waals surface area (Å²) >= 11 is 5.88. The van der Waals surface area contributed by atoms with Gasteiger partial charge in [-0.15, -0.1) is 0 Å². The number of nitrogens with one attached hydrogen (secondary N) is 1. The van der Waals surface area contributed by atoms with Crippen LogP contribution in [-0.2, 0) is 11.2 Å². The van der Waals surface area contributed by atoms with Gasteiger partial charge in [-0.2, -0.15) is 0 Å². The fourth-order valence-electron chi connectivity index (χ4n) is 2.31. The largest absolute Gasteiger partial charge is 0.377 e. The zero-order valence-electron chi connectivity index (χ0n) is 9.63. The normalized spacial score (nSPS) is 25.6. The summed E-state index contributed by atoms with van der Waals surface area (Å²) in [5.41, 5.74) is 1.25. The molecular formula is C13H18ClNO. The SMILES string of the molecule is COC1(Cc2ccc(Cl)cc2)CCCNC1. The van der Waals surface area contributed by atoms with Gasteiger partial charge in [-0.1, -0.05) is 23.7 Å². The highest BCUT2D eigenvalue weighted by atomic mass is 35.5. The van der Waals surface area contributed by atoms with Crippen LogP contribution in [0.3, 0.4) is 0 Å². The number of halogens is 1. The standard InChI is InChI=1S/C13H18ClNO/c1-16-13(7-2-8-15-10-13)9-11-3-5-12(14)6-4-11/h3-6,15H,2,7-10H2,1H3. The van der Waals surface area contributed by atoms with E-state index in [1.807, 2.05) is 19.2 Å². The minimum atomic E-state index is -0.0356. The van der Waals surface area contributed by atoms with Gasteiger partial charge in [-0.25, -0.2) is 0 Å². The van der Waals surface area contributed by atoms with E-state index in [0.717, 1.165) is 31.0 Å². The Kier molecular flexibility index (Phi) is 3.85. The Morgan fingerprint density at radius 3 is 2.69 bits per heavy atom. The number of rotatable bonds is 3. The topological polar surface area (TPSA) is 21.3 Å². The second-order valence-electron chi connectivity index (χ2n) is 4.47. The number of hydrogen-bond acceptors (Lipinski definition) is 2. The van der Waals surface area contributed by atoms with E-state index < -0.39 is 0 Å². The average molecular weight is 240 g/mol. The number of hydrogen-bond donors (Lipinski definition) is 1. The molecule has 1 aromatic carbocycles. The Balaban J connectivity index is 2.08. The zero-order chi connectivity index (χ0) is 11.4. The first-order valence-electron chi connectivity index (χ1n) is 5.74. The summed E-state index contributed by atoms with van der Waals surface area (Å²) in [6.45, 7) is 2.04. The van der Waals surface area contributed by atoms with E-state index in [1.165, 1.54) is 12.0 Å². The maximum absolute atomic E-state index is 5.88. The van der Waals surface area contributed by atoms with E-state index >= 15 is 0 Å². The highest BCUT2D eigenvalue weighted by Crippen LogP contribution is 2.25. The molecule has 1 aliphatic heterocycles. The first-order valence-corrected chi connectivity index (χ1v) is 6.12. The van der Waals surface area contributed by atoms with Crippen LogP contribution in [-0.4, -0.2) is 25.8 Å². The Labute approximate surface area is 102 Å². The third-order valence-corrected chi connectivity index (χ3v) is 3.56. The van der Waals surface area contributed by atoms with Gasteiger partial charge in [0.15, 0.2) is 0 Å². The molecule has 2 nitrogen and oxygen atoms in total. The van der Waals surface area contributed by atoms with E-state index in [4.69, 9.17) is 16.3 Å². The third-order valence-electron chi connectivity index (χ3n) is 3.31. The number of piperidine rings is 1. The number of benzene rings is 1. The molecule has 0 bridgehead atoms. The van der Waals surface area contributed by atoms with Gasteiger partial charge in [0.25, 0.3) is 0 Å². The molecule has 1 N–H and O–H groups in total. The summed E-state index contributed by atoms with van der Waals surface area (Å²) in [7, 11) is 1.81. The number of ether oxygens (including phenoxy) is 1. The minimum absolute atomic E-state index is 0.0356. The van der Waals surface area contributed by atoms with Gasteiger partial charge in [0.1, 0.15) is 0 Å². The summed E-state index contributed by atoms with van der Waals surface area (Å²) in [6, 6.07) is 8.04. The van der Waals surface area contributed by atoms with Crippen LogP contribution in [0.5, 0.6) is 0 Å². The van der Waals surface area contributed by atoms with Crippen LogP contribution in [0.1, 0.15) is 18.4 Å². The Morgan fingerprint density at radius 1 is 1.38 bits per heavy atom. The highest BCUT2D eigenvalue weighted by Gasteiger charge is 2.31. The molecule has 1 aromatic rings. The van der Waals surface area contributed by atoms with Crippen molar-refractivity contribution in [3.63, 3.8) is 0 Å². The Morgan fingerprint density at radius 2 is 2.12 bits per heavy atom. The van der Waals surface area contributed by atoms with Crippen molar-refractivity contribution >= 4 is 11.6 Å². The molecule has 0 aromatic heterocycles.